The maximum atomic E-state index is 12.5. The van der Waals surface area contributed by atoms with Gasteiger partial charge in [0, 0.05) is 32.3 Å². The Bertz CT molecular complexity index is 826. The number of H-pyrrole nitrogens is 1. The Morgan fingerprint density at radius 3 is 2.63 bits per heavy atom. The Hall–Kier alpha value is -2.63. The van der Waals surface area contributed by atoms with Gasteiger partial charge in [-0.2, -0.15) is 5.10 Å². The average molecular weight is 366 g/mol. The molecule has 2 heterocycles. The number of hydrogen-bond donors (Lipinski definition) is 1. The predicted molar refractivity (Wildman–Crippen MR) is 102 cm³/mol. The van der Waals surface area contributed by atoms with Crippen molar-refractivity contribution >= 4 is 11.8 Å². The van der Waals surface area contributed by atoms with Gasteiger partial charge < -0.3 is 9.80 Å². The van der Waals surface area contributed by atoms with Gasteiger partial charge in [-0.15, -0.1) is 0 Å². The van der Waals surface area contributed by atoms with Crippen molar-refractivity contribution in [2.45, 2.75) is 32.2 Å². The van der Waals surface area contributed by atoms with Crippen LogP contribution in [0.15, 0.2) is 36.5 Å². The summed E-state index contributed by atoms with van der Waals surface area (Å²) < 4.78 is 0. The Morgan fingerprint density at radius 1 is 1.22 bits per heavy atom. The molecule has 1 aromatic heterocycles. The quantitative estimate of drug-likeness (QED) is 0.853. The van der Waals surface area contributed by atoms with Crippen molar-refractivity contribution in [3.8, 4) is 0 Å². The molecule has 2 aliphatic rings. The van der Waals surface area contributed by atoms with Gasteiger partial charge >= 0.3 is 0 Å². The molecule has 6 nitrogen and oxygen atoms in total. The number of aromatic amines is 1. The molecule has 1 aromatic carbocycles. The maximum absolute atomic E-state index is 12.5. The predicted octanol–water partition coefficient (Wildman–Crippen LogP) is 2.27. The van der Waals surface area contributed by atoms with E-state index in [2.05, 4.69) is 34.5 Å². The van der Waals surface area contributed by atoms with Gasteiger partial charge in [-0.3, -0.25) is 14.7 Å². The van der Waals surface area contributed by atoms with E-state index in [0.29, 0.717) is 36.9 Å². The number of carbonyl (C=O) groups is 2. The number of rotatable bonds is 6. The van der Waals surface area contributed by atoms with Crippen LogP contribution in [0.1, 0.15) is 34.5 Å². The summed E-state index contributed by atoms with van der Waals surface area (Å²) in [5.74, 6) is 1.35. The SMILES string of the molecule is Cc1[nH]ncc1C(=O)N(C)C1CN(C(=O)C[C@@H]2C[C@H]2Cc2ccccc2)C1. The molecule has 2 atom stereocenters. The lowest BCUT2D eigenvalue weighted by atomic mass is 10.0. The van der Waals surface area contributed by atoms with Crippen molar-refractivity contribution < 1.29 is 9.59 Å². The highest BCUT2D eigenvalue weighted by Crippen LogP contribution is 2.44. The fraction of sp³-hybridized carbons (Fsp3) is 0.476. The smallest absolute Gasteiger partial charge is 0.257 e. The molecule has 1 aliphatic heterocycles. The fourth-order valence-electron chi connectivity index (χ4n) is 3.91. The van der Waals surface area contributed by atoms with Crippen molar-refractivity contribution in [2.24, 2.45) is 11.8 Å². The molecule has 2 fully saturated rings. The number of benzene rings is 1. The minimum Gasteiger partial charge on any atom is -0.338 e. The lowest BCUT2D eigenvalue weighted by Gasteiger charge is -2.44. The van der Waals surface area contributed by atoms with Crippen LogP contribution >= 0.6 is 0 Å². The van der Waals surface area contributed by atoms with Crippen molar-refractivity contribution in [3.05, 3.63) is 53.3 Å². The van der Waals surface area contributed by atoms with Gasteiger partial charge in [0.25, 0.3) is 5.91 Å². The molecule has 1 saturated carbocycles. The summed E-state index contributed by atoms with van der Waals surface area (Å²) in [6.45, 7) is 3.11. The zero-order chi connectivity index (χ0) is 19.0. The molecule has 1 N–H and O–H groups in total. The number of amides is 2. The number of hydrogen-bond acceptors (Lipinski definition) is 3. The van der Waals surface area contributed by atoms with E-state index in [1.54, 1.807) is 18.1 Å². The molecule has 0 spiro atoms. The van der Waals surface area contributed by atoms with E-state index in [1.807, 2.05) is 17.9 Å². The van der Waals surface area contributed by atoms with E-state index in [0.717, 1.165) is 18.5 Å². The van der Waals surface area contributed by atoms with Crippen LogP contribution in [0.2, 0.25) is 0 Å². The molecule has 1 saturated heterocycles. The summed E-state index contributed by atoms with van der Waals surface area (Å²) in [4.78, 5) is 28.6. The number of likely N-dealkylation sites (N-methyl/N-ethyl adjacent to an activating group) is 1. The van der Waals surface area contributed by atoms with E-state index < -0.39 is 0 Å². The van der Waals surface area contributed by atoms with Crippen LogP contribution < -0.4 is 0 Å². The zero-order valence-corrected chi connectivity index (χ0v) is 15.9. The van der Waals surface area contributed by atoms with E-state index in [9.17, 15) is 9.59 Å². The molecular weight excluding hydrogens is 340 g/mol. The molecule has 27 heavy (non-hydrogen) atoms. The summed E-state index contributed by atoms with van der Waals surface area (Å²) in [7, 11) is 1.80. The summed E-state index contributed by atoms with van der Waals surface area (Å²) in [5.41, 5.74) is 2.73. The summed E-state index contributed by atoms with van der Waals surface area (Å²) >= 11 is 0. The Labute approximate surface area is 159 Å². The lowest BCUT2D eigenvalue weighted by molar-refractivity contribution is -0.138. The highest BCUT2D eigenvalue weighted by molar-refractivity contribution is 5.95. The highest BCUT2D eigenvalue weighted by Gasteiger charge is 2.42. The van der Waals surface area contributed by atoms with Crippen LogP contribution in [0, 0.1) is 18.8 Å². The standard InChI is InChI=1S/C21H26N4O2/c1-14-19(11-22-23-14)21(27)24(2)18-12-25(13-18)20(26)10-17-9-16(17)8-15-6-4-3-5-7-15/h3-7,11,16-18H,8-10,12-13H2,1-2H3,(H,22,23)/t16-,17+/m1/s1. The molecule has 142 valence electrons. The minimum atomic E-state index is -0.0385. The first-order valence-electron chi connectivity index (χ1n) is 9.61. The normalized spacial score (nSPS) is 21.6. The average Bonchev–Trinajstić information content (AvgIpc) is 3.18. The molecule has 0 unspecified atom stereocenters. The van der Waals surface area contributed by atoms with Crippen LogP contribution in [0.5, 0.6) is 0 Å². The number of likely N-dealkylation sites (tertiary alicyclic amines) is 1. The topological polar surface area (TPSA) is 69.3 Å². The van der Waals surface area contributed by atoms with Crippen LogP contribution in [0.3, 0.4) is 0 Å². The van der Waals surface area contributed by atoms with Gasteiger partial charge in [0.15, 0.2) is 0 Å². The molecule has 1 aliphatic carbocycles. The molecule has 2 aromatic rings. The number of aromatic nitrogens is 2. The van der Waals surface area contributed by atoms with Crippen molar-refractivity contribution in [3.63, 3.8) is 0 Å². The van der Waals surface area contributed by atoms with Gasteiger partial charge in [0.05, 0.1) is 17.8 Å². The molecule has 0 radical (unpaired) electrons. The molecule has 0 bridgehead atoms. The first kappa shape index (κ1) is 17.8. The number of carbonyl (C=O) groups excluding carboxylic acids is 2. The Balaban J connectivity index is 1.21. The Kier molecular flexibility index (Phi) is 4.72. The van der Waals surface area contributed by atoms with Crippen LogP contribution in [0.4, 0.5) is 0 Å². The van der Waals surface area contributed by atoms with Crippen molar-refractivity contribution in [1.82, 2.24) is 20.0 Å². The van der Waals surface area contributed by atoms with E-state index in [1.165, 1.54) is 5.56 Å². The number of aryl methyl sites for hydroxylation is 1. The van der Waals surface area contributed by atoms with Gasteiger partial charge in [0.2, 0.25) is 5.91 Å². The Morgan fingerprint density at radius 2 is 1.96 bits per heavy atom. The lowest BCUT2D eigenvalue weighted by Crippen LogP contribution is -2.61. The van der Waals surface area contributed by atoms with Crippen molar-refractivity contribution in [1.29, 1.82) is 0 Å². The summed E-state index contributed by atoms with van der Waals surface area (Å²) in [6, 6.07) is 10.6. The van der Waals surface area contributed by atoms with Gasteiger partial charge in [-0.1, -0.05) is 30.3 Å². The minimum absolute atomic E-state index is 0.0385. The fourth-order valence-corrected chi connectivity index (χ4v) is 3.91. The van der Waals surface area contributed by atoms with Gasteiger partial charge in [-0.05, 0) is 37.2 Å². The molecular formula is C21H26N4O2. The van der Waals surface area contributed by atoms with Crippen LogP contribution in [0.25, 0.3) is 0 Å². The number of nitrogens with one attached hydrogen (secondary N) is 1. The molecule has 2 amide bonds. The largest absolute Gasteiger partial charge is 0.338 e. The number of nitrogens with zero attached hydrogens (tertiary/aromatic N) is 3. The van der Waals surface area contributed by atoms with E-state index >= 15 is 0 Å². The third-order valence-electron chi connectivity index (χ3n) is 5.99. The third-order valence-corrected chi connectivity index (χ3v) is 5.99. The second-order valence-electron chi connectivity index (χ2n) is 7.93. The van der Waals surface area contributed by atoms with Gasteiger partial charge in [0.1, 0.15) is 0 Å². The van der Waals surface area contributed by atoms with Crippen molar-refractivity contribution in [2.75, 3.05) is 20.1 Å². The molecule has 4 rings (SSSR count). The van der Waals surface area contributed by atoms with E-state index in [4.69, 9.17) is 0 Å². The first-order chi connectivity index (χ1) is 13.0. The van der Waals surface area contributed by atoms with Crippen LogP contribution in [-0.2, 0) is 11.2 Å². The summed E-state index contributed by atoms with van der Waals surface area (Å²) in [6.07, 6.45) is 4.43. The second-order valence-corrected chi connectivity index (χ2v) is 7.93. The molecule has 6 heteroatoms. The summed E-state index contributed by atoms with van der Waals surface area (Å²) in [5, 5.41) is 6.71. The van der Waals surface area contributed by atoms with Gasteiger partial charge in [-0.25, -0.2) is 0 Å². The highest BCUT2D eigenvalue weighted by atomic mass is 16.2. The second kappa shape index (κ2) is 7.18. The maximum Gasteiger partial charge on any atom is 0.257 e. The zero-order valence-electron chi connectivity index (χ0n) is 15.9. The monoisotopic (exact) mass is 366 g/mol. The van der Waals surface area contributed by atoms with E-state index in [-0.39, 0.29) is 17.9 Å². The third kappa shape index (κ3) is 3.75. The first-order valence-corrected chi connectivity index (χ1v) is 9.61. The van der Waals surface area contributed by atoms with Crippen LogP contribution in [-0.4, -0.2) is 58.0 Å².